The molecule has 2 heterocycles. The van der Waals surface area contributed by atoms with Crippen molar-refractivity contribution < 1.29 is 61.0 Å². The molecular formula is C35H48N2O13S. The van der Waals surface area contributed by atoms with Crippen LogP contribution in [0.4, 0.5) is 0 Å². The summed E-state index contributed by atoms with van der Waals surface area (Å²) in [7, 11) is -1.18. The molecule has 282 valence electrons. The smallest absolute Gasteiger partial charge is 0.337 e. The van der Waals surface area contributed by atoms with E-state index in [1.165, 1.54) is 26.4 Å². The Kier molecular flexibility index (Phi) is 16.6. The molecule has 2 atom stereocenters. The van der Waals surface area contributed by atoms with E-state index >= 15 is 0 Å². The summed E-state index contributed by atoms with van der Waals surface area (Å²) in [4.78, 5) is 27.7. The minimum absolute atomic E-state index is 0.0396. The molecule has 2 aromatic carbocycles. The molecule has 1 fully saturated rings. The van der Waals surface area contributed by atoms with Gasteiger partial charge in [0.1, 0.15) is 5.75 Å². The first kappa shape index (κ1) is 40.2. The highest BCUT2D eigenvalue weighted by molar-refractivity contribution is 7.89. The van der Waals surface area contributed by atoms with Gasteiger partial charge in [-0.15, -0.1) is 0 Å². The van der Waals surface area contributed by atoms with E-state index < -0.39 is 34.8 Å². The van der Waals surface area contributed by atoms with Crippen LogP contribution in [0.3, 0.4) is 0 Å². The number of aliphatic hydroxyl groups excluding tert-OH is 1. The lowest BCUT2D eigenvalue weighted by Crippen LogP contribution is -2.41. The number of ether oxygens (including phenoxy) is 8. The Bertz CT molecular complexity index is 1490. The van der Waals surface area contributed by atoms with Gasteiger partial charge in [-0.25, -0.2) is 13.2 Å². The molecular weight excluding hydrogens is 688 g/mol. The van der Waals surface area contributed by atoms with E-state index in [9.17, 15) is 23.1 Å². The van der Waals surface area contributed by atoms with Gasteiger partial charge < -0.3 is 47.9 Å². The number of esters is 1. The second kappa shape index (κ2) is 21.0. The van der Waals surface area contributed by atoms with Crippen LogP contribution in [0.25, 0.3) is 0 Å². The topological polar surface area (TPSA) is 169 Å². The van der Waals surface area contributed by atoms with Gasteiger partial charge in [0.25, 0.3) is 5.91 Å². The van der Waals surface area contributed by atoms with Crippen molar-refractivity contribution in [3.63, 3.8) is 0 Å². The maximum atomic E-state index is 14.0. The molecule has 1 saturated heterocycles. The molecule has 0 bridgehead atoms. The van der Waals surface area contributed by atoms with Crippen molar-refractivity contribution in [1.82, 2.24) is 9.21 Å². The summed E-state index contributed by atoms with van der Waals surface area (Å²) in [6.07, 6.45) is 1.09. The summed E-state index contributed by atoms with van der Waals surface area (Å²) in [6, 6.07) is 12.8. The largest absolute Gasteiger partial charge is 0.497 e. The zero-order valence-electron chi connectivity index (χ0n) is 29.1. The third kappa shape index (κ3) is 12.2. The number of carbonyl (C=O) groups excluding carboxylic acids is 2. The van der Waals surface area contributed by atoms with E-state index in [-0.39, 0.29) is 62.6 Å². The molecule has 1 amide bonds. The van der Waals surface area contributed by atoms with Crippen LogP contribution < -0.4 is 4.74 Å². The lowest BCUT2D eigenvalue weighted by molar-refractivity contribution is -0.153. The third-order valence-electron chi connectivity index (χ3n) is 8.13. The fourth-order valence-corrected chi connectivity index (χ4v) is 6.77. The second-order valence-corrected chi connectivity index (χ2v) is 13.4. The Labute approximate surface area is 298 Å². The van der Waals surface area contributed by atoms with Crippen molar-refractivity contribution in [2.75, 3.05) is 106 Å². The number of nitrogens with zero attached hydrogens (tertiary/aromatic N) is 2. The number of aliphatic hydroxyl groups is 1. The van der Waals surface area contributed by atoms with Crippen LogP contribution in [0.5, 0.6) is 5.75 Å². The molecule has 0 radical (unpaired) electrons. The molecule has 0 spiro atoms. The predicted octanol–water partition coefficient (Wildman–Crippen LogP) is 1.80. The van der Waals surface area contributed by atoms with Crippen LogP contribution in [0.1, 0.15) is 28.3 Å². The van der Waals surface area contributed by atoms with E-state index in [2.05, 4.69) is 0 Å². The molecule has 2 unspecified atom stereocenters. The van der Waals surface area contributed by atoms with E-state index in [0.29, 0.717) is 57.4 Å². The summed E-state index contributed by atoms with van der Waals surface area (Å²) in [5.74, 6) is -0.663. The van der Waals surface area contributed by atoms with E-state index in [1.807, 2.05) is 0 Å². The van der Waals surface area contributed by atoms with Crippen LogP contribution in [0.15, 0.2) is 65.3 Å². The summed E-state index contributed by atoms with van der Waals surface area (Å²) in [6.45, 7) is 2.75. The summed E-state index contributed by atoms with van der Waals surface area (Å²) >= 11 is 0. The highest BCUT2D eigenvalue weighted by atomic mass is 32.2. The summed E-state index contributed by atoms with van der Waals surface area (Å²) in [5, 5.41) is 9.67. The highest BCUT2D eigenvalue weighted by Crippen LogP contribution is 2.32. The van der Waals surface area contributed by atoms with Crippen LogP contribution in [-0.2, 0) is 48.0 Å². The molecule has 0 aromatic heterocycles. The van der Waals surface area contributed by atoms with E-state index in [4.69, 9.17) is 37.9 Å². The normalized spacial score (nSPS) is 20.0. The lowest BCUT2D eigenvalue weighted by Gasteiger charge is -2.32. The zero-order valence-corrected chi connectivity index (χ0v) is 29.9. The quantitative estimate of drug-likeness (QED) is 0.314. The minimum Gasteiger partial charge on any atom is -0.497 e. The molecule has 4 rings (SSSR count). The van der Waals surface area contributed by atoms with Crippen LogP contribution in [-0.4, -0.2) is 147 Å². The molecule has 16 heteroatoms. The molecule has 0 saturated carbocycles. The molecule has 1 N–H and O–H groups in total. The fraction of sp³-hybridized carbons (Fsp3) is 0.543. The van der Waals surface area contributed by atoms with E-state index in [0.717, 1.165) is 9.87 Å². The Morgan fingerprint density at radius 1 is 0.843 bits per heavy atom. The van der Waals surface area contributed by atoms with Crippen molar-refractivity contribution in [1.29, 1.82) is 0 Å². The minimum atomic E-state index is -3.97. The highest BCUT2D eigenvalue weighted by Gasteiger charge is 2.32. The molecule has 15 nitrogen and oxygen atoms in total. The summed E-state index contributed by atoms with van der Waals surface area (Å²) in [5.41, 5.74) is 1.18. The van der Waals surface area contributed by atoms with Crippen molar-refractivity contribution in [3.8, 4) is 5.75 Å². The SMILES string of the molecule is COC(=O)c1ccc(C2C=C(C(=O)N3CCOCCOCCOCCOCC3)OC(OCCN(CCO)S(=O)(=O)c3ccc(OC)cc3)C2)cc1. The first-order valence-corrected chi connectivity index (χ1v) is 18.2. The molecule has 2 aliphatic rings. The predicted molar refractivity (Wildman–Crippen MR) is 183 cm³/mol. The van der Waals surface area contributed by atoms with Gasteiger partial charge in [-0.05, 0) is 48.0 Å². The fourth-order valence-electron chi connectivity index (χ4n) is 5.36. The van der Waals surface area contributed by atoms with Gasteiger partial charge in [-0.1, -0.05) is 12.1 Å². The average Bonchev–Trinajstić information content (AvgIpc) is 3.17. The number of sulfonamides is 1. The molecule has 2 aliphatic heterocycles. The standard InChI is InChI=1S/C35H48N2O13S/c1-43-30-7-9-31(10-8-30)51(41,42)37(11-15-38)14-18-49-33-26-29(27-3-5-28(6-4-27)35(40)44-2)25-32(50-33)34(39)36-12-16-45-19-21-47-23-24-48-22-20-46-17-13-36/h3-10,25,29,33,38H,11-24,26H2,1-2H3. The van der Waals surface area contributed by atoms with Gasteiger partial charge in [0.2, 0.25) is 16.3 Å². The van der Waals surface area contributed by atoms with Gasteiger partial charge in [-0.2, -0.15) is 4.31 Å². The third-order valence-corrected chi connectivity index (χ3v) is 10.0. The maximum Gasteiger partial charge on any atom is 0.337 e. The van der Waals surface area contributed by atoms with Crippen molar-refractivity contribution in [2.45, 2.75) is 23.5 Å². The van der Waals surface area contributed by atoms with Crippen LogP contribution in [0.2, 0.25) is 0 Å². The van der Waals surface area contributed by atoms with Crippen molar-refractivity contribution in [3.05, 3.63) is 71.5 Å². The van der Waals surface area contributed by atoms with Gasteiger partial charge >= 0.3 is 5.97 Å². The van der Waals surface area contributed by atoms with Crippen molar-refractivity contribution in [2.24, 2.45) is 0 Å². The number of rotatable bonds is 12. The first-order valence-electron chi connectivity index (χ1n) is 16.8. The molecule has 0 aliphatic carbocycles. The Balaban J connectivity index is 1.50. The average molecular weight is 737 g/mol. The maximum absolute atomic E-state index is 14.0. The number of amides is 1. The van der Waals surface area contributed by atoms with Crippen LogP contribution in [0, 0.1) is 0 Å². The Hall–Kier alpha value is -3.61. The Morgan fingerprint density at radius 2 is 1.43 bits per heavy atom. The number of hydrogen-bond donors (Lipinski definition) is 1. The number of hydrogen-bond acceptors (Lipinski definition) is 13. The number of benzene rings is 2. The molecule has 51 heavy (non-hydrogen) atoms. The monoisotopic (exact) mass is 736 g/mol. The van der Waals surface area contributed by atoms with Gasteiger partial charge in [-0.3, -0.25) is 4.79 Å². The second-order valence-electron chi connectivity index (χ2n) is 11.4. The van der Waals surface area contributed by atoms with Crippen molar-refractivity contribution >= 4 is 21.9 Å². The first-order chi connectivity index (χ1) is 24.8. The summed E-state index contributed by atoms with van der Waals surface area (Å²) < 4.78 is 72.5. The van der Waals surface area contributed by atoms with Gasteiger partial charge in [0.15, 0.2) is 5.76 Å². The van der Waals surface area contributed by atoms with Gasteiger partial charge in [0.05, 0.1) is 90.7 Å². The molecule has 2 aromatic rings. The van der Waals surface area contributed by atoms with E-state index in [1.54, 1.807) is 47.4 Å². The lowest BCUT2D eigenvalue weighted by atomic mass is 9.92. The van der Waals surface area contributed by atoms with Gasteiger partial charge in [0, 0.05) is 38.5 Å². The van der Waals surface area contributed by atoms with Crippen LogP contribution >= 0.6 is 0 Å². The Morgan fingerprint density at radius 3 is 1.98 bits per heavy atom. The number of carbonyl (C=O) groups is 2. The zero-order chi connectivity index (χ0) is 36.5. The number of allylic oxidation sites excluding steroid dienone is 1. The number of methoxy groups -OCH3 is 2.